The summed E-state index contributed by atoms with van der Waals surface area (Å²) >= 11 is 1.44. The molecule has 1 atom stereocenters. The Morgan fingerprint density at radius 1 is 1.20 bits per heavy atom. The molecule has 9 nitrogen and oxygen atoms in total. The molecule has 4 aromatic rings. The maximum Gasteiger partial charge on any atom is 0.274 e. The second-order valence-electron chi connectivity index (χ2n) is 8.96. The highest BCUT2D eigenvalue weighted by molar-refractivity contribution is 7.18. The van der Waals surface area contributed by atoms with Gasteiger partial charge < -0.3 is 19.6 Å². The minimum Gasteiger partial charge on any atom is -0.391 e. The van der Waals surface area contributed by atoms with Gasteiger partial charge in [0.25, 0.3) is 5.91 Å². The van der Waals surface area contributed by atoms with Crippen LogP contribution < -0.4 is 4.90 Å². The molecule has 2 N–H and O–H groups in total. The first-order chi connectivity index (χ1) is 17.1. The molecule has 0 radical (unpaired) electrons. The Morgan fingerprint density at radius 3 is 2.80 bits per heavy atom. The number of H-pyrrole nitrogens is 1. The number of carbonyl (C=O) groups is 1. The van der Waals surface area contributed by atoms with Crippen LogP contribution in [-0.4, -0.2) is 81.6 Å². The monoisotopic (exact) mass is 490 g/mol. The number of aromatic nitrogens is 4. The van der Waals surface area contributed by atoms with Crippen LogP contribution in [0.3, 0.4) is 0 Å². The van der Waals surface area contributed by atoms with Crippen LogP contribution in [0.4, 0.5) is 5.82 Å². The number of aliphatic hydroxyl groups is 1. The van der Waals surface area contributed by atoms with Crippen LogP contribution in [0.2, 0.25) is 0 Å². The van der Waals surface area contributed by atoms with Crippen LogP contribution in [0, 0.1) is 6.92 Å². The van der Waals surface area contributed by atoms with Crippen molar-refractivity contribution < 1.29 is 14.6 Å². The van der Waals surface area contributed by atoms with E-state index in [1.54, 1.807) is 4.90 Å². The quantitative estimate of drug-likeness (QED) is 0.453. The third-order valence-electron chi connectivity index (χ3n) is 6.64. The number of anilines is 1. The number of hydrogen-bond acceptors (Lipinski definition) is 8. The minimum atomic E-state index is -0.492. The number of ether oxygens (including phenoxy) is 1. The summed E-state index contributed by atoms with van der Waals surface area (Å²) in [5.74, 6) is 0.721. The molecule has 0 saturated carbocycles. The number of pyridine rings is 1. The number of thiazole rings is 1. The Morgan fingerprint density at radius 2 is 2.06 bits per heavy atom. The lowest BCUT2D eigenvalue weighted by molar-refractivity contribution is 0.0761. The van der Waals surface area contributed by atoms with Crippen molar-refractivity contribution in [2.24, 2.45) is 0 Å². The fourth-order valence-electron chi connectivity index (χ4n) is 4.69. The largest absolute Gasteiger partial charge is 0.391 e. The van der Waals surface area contributed by atoms with E-state index in [-0.39, 0.29) is 5.91 Å². The van der Waals surface area contributed by atoms with Crippen molar-refractivity contribution in [3.05, 3.63) is 47.8 Å². The molecule has 35 heavy (non-hydrogen) atoms. The molecule has 2 aliphatic heterocycles. The Bertz CT molecular complexity index is 1380. The van der Waals surface area contributed by atoms with E-state index in [9.17, 15) is 9.90 Å². The summed E-state index contributed by atoms with van der Waals surface area (Å²) in [4.78, 5) is 27.6. The van der Waals surface area contributed by atoms with E-state index in [4.69, 9.17) is 9.72 Å². The van der Waals surface area contributed by atoms with Gasteiger partial charge in [0.15, 0.2) is 0 Å². The molecule has 10 heteroatoms. The standard InChI is InChI=1S/C25H26N6O3S/c1-15-3-2-4-18-20(15)28-29-21(18)24-27-22(25(33)31-8-7-17(32)14-31)23(35-24)16-5-6-19(26-13-16)30-9-11-34-12-10-30/h2-6,13,17,32H,7-12,14H2,1H3,(H,28,29). The van der Waals surface area contributed by atoms with Gasteiger partial charge in [0.05, 0.1) is 29.7 Å². The summed E-state index contributed by atoms with van der Waals surface area (Å²) in [6.07, 6.45) is 1.90. The Hall–Kier alpha value is -3.34. The summed E-state index contributed by atoms with van der Waals surface area (Å²) in [6, 6.07) is 10.0. The first-order valence-corrected chi connectivity index (χ1v) is 12.6. The lowest BCUT2D eigenvalue weighted by Crippen LogP contribution is -2.36. The van der Waals surface area contributed by atoms with Crippen molar-refractivity contribution in [1.29, 1.82) is 0 Å². The predicted octanol–water partition coefficient (Wildman–Crippen LogP) is 3.10. The van der Waals surface area contributed by atoms with Gasteiger partial charge in [0, 0.05) is 43.3 Å². The number of aliphatic hydroxyl groups excluding tert-OH is 1. The van der Waals surface area contributed by atoms with Gasteiger partial charge >= 0.3 is 0 Å². The van der Waals surface area contributed by atoms with E-state index in [1.165, 1.54) is 11.3 Å². The van der Waals surface area contributed by atoms with Crippen molar-refractivity contribution in [1.82, 2.24) is 25.1 Å². The first kappa shape index (κ1) is 22.1. The molecule has 1 unspecified atom stereocenters. The van der Waals surface area contributed by atoms with Crippen LogP contribution in [0.15, 0.2) is 36.5 Å². The molecule has 6 rings (SSSR count). The molecule has 1 aromatic carbocycles. The lowest BCUT2D eigenvalue weighted by atomic mass is 10.1. The van der Waals surface area contributed by atoms with E-state index in [2.05, 4.69) is 20.1 Å². The van der Waals surface area contributed by atoms with E-state index in [0.29, 0.717) is 43.4 Å². The van der Waals surface area contributed by atoms with Crippen molar-refractivity contribution >= 4 is 34.0 Å². The molecule has 0 aliphatic carbocycles. The number of likely N-dealkylation sites (tertiary alicyclic amines) is 1. The fourth-order valence-corrected chi connectivity index (χ4v) is 5.74. The number of hydrogen-bond donors (Lipinski definition) is 2. The number of morpholine rings is 1. The molecule has 2 saturated heterocycles. The topological polar surface area (TPSA) is 107 Å². The van der Waals surface area contributed by atoms with Gasteiger partial charge in [-0.05, 0) is 31.0 Å². The molecule has 0 spiro atoms. The lowest BCUT2D eigenvalue weighted by Gasteiger charge is -2.27. The first-order valence-electron chi connectivity index (χ1n) is 11.8. The second kappa shape index (κ2) is 9.03. The van der Waals surface area contributed by atoms with E-state index in [0.717, 1.165) is 51.5 Å². The highest BCUT2D eigenvalue weighted by Gasteiger charge is 2.30. The van der Waals surface area contributed by atoms with Crippen molar-refractivity contribution in [2.45, 2.75) is 19.4 Å². The third kappa shape index (κ3) is 4.07. The molecular formula is C25H26N6O3S. The van der Waals surface area contributed by atoms with Gasteiger partial charge in [-0.3, -0.25) is 9.89 Å². The number of aryl methyl sites for hydroxylation is 1. The van der Waals surface area contributed by atoms with Gasteiger partial charge in [0.2, 0.25) is 0 Å². The van der Waals surface area contributed by atoms with Crippen molar-refractivity contribution in [3.8, 4) is 21.1 Å². The summed E-state index contributed by atoms with van der Waals surface area (Å²) in [6.45, 7) is 5.88. The van der Waals surface area contributed by atoms with Crippen LogP contribution in [-0.2, 0) is 4.74 Å². The van der Waals surface area contributed by atoms with Crippen molar-refractivity contribution in [2.75, 3.05) is 44.3 Å². The summed E-state index contributed by atoms with van der Waals surface area (Å²) < 4.78 is 5.44. The number of β-amino-alcohol motifs (C(OH)–C–C–N with tert-alkyl or cyclic N) is 1. The Kier molecular flexibility index (Phi) is 5.71. The van der Waals surface area contributed by atoms with Crippen LogP contribution >= 0.6 is 11.3 Å². The number of rotatable bonds is 4. The second-order valence-corrected chi connectivity index (χ2v) is 9.96. The zero-order chi connectivity index (χ0) is 23.9. The van der Waals surface area contributed by atoms with Gasteiger partial charge in [-0.1, -0.05) is 18.2 Å². The van der Waals surface area contributed by atoms with E-state index >= 15 is 0 Å². The number of aromatic amines is 1. The Balaban J connectivity index is 1.41. The van der Waals surface area contributed by atoms with Gasteiger partial charge in [-0.15, -0.1) is 11.3 Å². The van der Waals surface area contributed by atoms with E-state index in [1.807, 2.05) is 43.5 Å². The number of benzene rings is 1. The van der Waals surface area contributed by atoms with Crippen molar-refractivity contribution in [3.63, 3.8) is 0 Å². The average molecular weight is 491 g/mol. The number of para-hydroxylation sites is 1. The summed E-state index contributed by atoms with van der Waals surface area (Å²) in [5.41, 5.74) is 4.01. The Labute approximate surface area is 206 Å². The number of nitrogens with zero attached hydrogens (tertiary/aromatic N) is 5. The molecule has 3 aromatic heterocycles. The molecule has 5 heterocycles. The molecule has 180 valence electrons. The fraction of sp³-hybridized carbons (Fsp3) is 0.360. The number of fused-ring (bicyclic) bond motifs is 1. The highest BCUT2D eigenvalue weighted by atomic mass is 32.1. The maximum atomic E-state index is 13.5. The maximum absolute atomic E-state index is 13.5. The summed E-state index contributed by atoms with van der Waals surface area (Å²) in [5, 5.41) is 19.3. The summed E-state index contributed by atoms with van der Waals surface area (Å²) in [7, 11) is 0. The average Bonchev–Trinajstić information content (AvgIpc) is 3.63. The van der Waals surface area contributed by atoms with Crippen LogP contribution in [0.1, 0.15) is 22.5 Å². The highest BCUT2D eigenvalue weighted by Crippen LogP contribution is 2.38. The molecule has 0 bridgehead atoms. The number of amides is 1. The van der Waals surface area contributed by atoms with Crippen LogP contribution in [0.5, 0.6) is 0 Å². The SMILES string of the molecule is Cc1cccc2c(-c3nc(C(=O)N4CCC(O)C4)c(-c4ccc(N5CCOCC5)nc4)s3)n[nH]c12. The smallest absolute Gasteiger partial charge is 0.274 e. The number of carbonyl (C=O) groups excluding carboxylic acids is 1. The molecular weight excluding hydrogens is 464 g/mol. The normalized spacial score (nSPS) is 18.5. The zero-order valence-corrected chi connectivity index (χ0v) is 20.2. The number of nitrogens with one attached hydrogen (secondary N) is 1. The van der Waals surface area contributed by atoms with Gasteiger partial charge in [-0.2, -0.15) is 5.10 Å². The zero-order valence-electron chi connectivity index (χ0n) is 19.4. The van der Waals surface area contributed by atoms with Crippen LogP contribution in [0.25, 0.3) is 32.0 Å². The minimum absolute atomic E-state index is 0.174. The molecule has 2 fully saturated rings. The van der Waals surface area contributed by atoms with Gasteiger partial charge in [-0.25, -0.2) is 9.97 Å². The molecule has 1 amide bonds. The third-order valence-corrected chi connectivity index (χ3v) is 7.75. The van der Waals surface area contributed by atoms with Gasteiger partial charge in [0.1, 0.15) is 22.2 Å². The molecule has 2 aliphatic rings. The van der Waals surface area contributed by atoms with E-state index < -0.39 is 6.10 Å². The predicted molar refractivity (Wildman–Crippen MR) is 135 cm³/mol.